The summed E-state index contributed by atoms with van der Waals surface area (Å²) in [6, 6.07) is 13.8. The Labute approximate surface area is 116 Å². The average Bonchev–Trinajstić information content (AvgIpc) is 2.75. The molecule has 0 amide bonds. The standard InChI is InChI=1S/C14H13ClN2S/c1-17(10-13-6-7-14(15)18-13)9-12-4-2-11(8-16)3-5-12/h2-7H,9-10H2,1H3. The molecule has 0 atom stereocenters. The molecule has 0 aliphatic rings. The molecule has 2 aromatic rings. The minimum Gasteiger partial charge on any atom is -0.297 e. The Bertz CT molecular complexity index is 554. The van der Waals surface area contributed by atoms with Crippen LogP contribution in [0.15, 0.2) is 36.4 Å². The number of hydrogen-bond donors (Lipinski definition) is 0. The molecule has 0 N–H and O–H groups in total. The van der Waals surface area contributed by atoms with Gasteiger partial charge >= 0.3 is 0 Å². The summed E-state index contributed by atoms with van der Waals surface area (Å²) in [6.45, 7) is 1.75. The minimum atomic E-state index is 0.700. The lowest BCUT2D eigenvalue weighted by atomic mass is 10.1. The van der Waals surface area contributed by atoms with Crippen molar-refractivity contribution in [3.05, 3.63) is 56.7 Å². The molecule has 1 aromatic heterocycles. The van der Waals surface area contributed by atoms with E-state index in [4.69, 9.17) is 16.9 Å². The molecule has 0 spiro atoms. The van der Waals surface area contributed by atoms with Crippen LogP contribution in [0.25, 0.3) is 0 Å². The molecule has 4 heteroatoms. The van der Waals surface area contributed by atoms with Crippen LogP contribution < -0.4 is 0 Å². The van der Waals surface area contributed by atoms with Crippen LogP contribution >= 0.6 is 22.9 Å². The monoisotopic (exact) mass is 276 g/mol. The molecule has 18 heavy (non-hydrogen) atoms. The molecule has 1 aromatic carbocycles. The Morgan fingerprint density at radius 2 is 1.89 bits per heavy atom. The van der Waals surface area contributed by atoms with Crippen molar-refractivity contribution in [2.24, 2.45) is 0 Å². The molecule has 0 unspecified atom stereocenters. The van der Waals surface area contributed by atoms with Crippen molar-refractivity contribution in [2.75, 3.05) is 7.05 Å². The predicted octanol–water partition coefficient (Wildman–Crippen LogP) is 3.91. The van der Waals surface area contributed by atoms with E-state index >= 15 is 0 Å². The van der Waals surface area contributed by atoms with Crippen LogP contribution in [0, 0.1) is 11.3 Å². The topological polar surface area (TPSA) is 27.0 Å². The zero-order valence-electron chi connectivity index (χ0n) is 10.1. The molecule has 0 aliphatic heterocycles. The van der Waals surface area contributed by atoms with Crippen molar-refractivity contribution >= 4 is 22.9 Å². The number of nitrogens with zero attached hydrogens (tertiary/aromatic N) is 2. The Balaban J connectivity index is 1.94. The van der Waals surface area contributed by atoms with Crippen molar-refractivity contribution in [1.82, 2.24) is 4.90 Å². The minimum absolute atomic E-state index is 0.700. The summed E-state index contributed by atoms with van der Waals surface area (Å²) < 4.78 is 0.830. The predicted molar refractivity (Wildman–Crippen MR) is 75.7 cm³/mol. The normalized spacial score (nSPS) is 10.6. The molecular weight excluding hydrogens is 264 g/mol. The van der Waals surface area contributed by atoms with Gasteiger partial charge in [0.05, 0.1) is 16.0 Å². The Kier molecular flexibility index (Phi) is 4.38. The van der Waals surface area contributed by atoms with Crippen LogP contribution in [0.2, 0.25) is 4.34 Å². The van der Waals surface area contributed by atoms with Gasteiger partial charge in [0, 0.05) is 18.0 Å². The Morgan fingerprint density at radius 1 is 1.17 bits per heavy atom. The summed E-state index contributed by atoms with van der Waals surface area (Å²) in [6.07, 6.45) is 0. The van der Waals surface area contributed by atoms with Crippen molar-refractivity contribution in [2.45, 2.75) is 13.1 Å². The number of benzene rings is 1. The summed E-state index contributed by atoms with van der Waals surface area (Å²) in [4.78, 5) is 3.49. The van der Waals surface area contributed by atoms with Gasteiger partial charge in [-0.05, 0) is 36.9 Å². The van der Waals surface area contributed by atoms with E-state index in [2.05, 4.69) is 24.1 Å². The highest BCUT2D eigenvalue weighted by Crippen LogP contribution is 2.22. The summed E-state index contributed by atoms with van der Waals surface area (Å²) >= 11 is 7.52. The third kappa shape index (κ3) is 3.58. The molecule has 1 heterocycles. The highest BCUT2D eigenvalue weighted by atomic mass is 35.5. The molecule has 92 valence electrons. The van der Waals surface area contributed by atoms with E-state index < -0.39 is 0 Å². The van der Waals surface area contributed by atoms with E-state index in [1.54, 1.807) is 11.3 Å². The van der Waals surface area contributed by atoms with Gasteiger partial charge in [0.15, 0.2) is 0 Å². The zero-order chi connectivity index (χ0) is 13.0. The summed E-state index contributed by atoms with van der Waals surface area (Å²) in [7, 11) is 2.08. The van der Waals surface area contributed by atoms with E-state index in [9.17, 15) is 0 Å². The lowest BCUT2D eigenvalue weighted by Gasteiger charge is -2.15. The number of halogens is 1. The largest absolute Gasteiger partial charge is 0.297 e. The summed E-state index contributed by atoms with van der Waals surface area (Å²) in [5.74, 6) is 0. The third-order valence-electron chi connectivity index (χ3n) is 2.59. The van der Waals surface area contributed by atoms with Crippen LogP contribution in [0.5, 0.6) is 0 Å². The molecule has 0 radical (unpaired) electrons. The summed E-state index contributed by atoms with van der Waals surface area (Å²) in [5, 5.41) is 8.74. The molecule has 0 saturated carbocycles. The van der Waals surface area contributed by atoms with E-state index in [0.717, 1.165) is 17.4 Å². The van der Waals surface area contributed by atoms with E-state index in [-0.39, 0.29) is 0 Å². The lowest BCUT2D eigenvalue weighted by molar-refractivity contribution is 0.322. The van der Waals surface area contributed by atoms with Crippen LogP contribution in [-0.2, 0) is 13.1 Å². The van der Waals surface area contributed by atoms with Crippen LogP contribution in [-0.4, -0.2) is 11.9 Å². The van der Waals surface area contributed by atoms with Gasteiger partial charge in [-0.3, -0.25) is 4.90 Å². The molecule has 2 nitrogen and oxygen atoms in total. The van der Waals surface area contributed by atoms with Gasteiger partial charge in [-0.1, -0.05) is 23.7 Å². The van der Waals surface area contributed by atoms with Crippen molar-refractivity contribution in [3.63, 3.8) is 0 Å². The van der Waals surface area contributed by atoms with Crippen molar-refractivity contribution in [3.8, 4) is 6.07 Å². The zero-order valence-corrected chi connectivity index (χ0v) is 11.6. The van der Waals surface area contributed by atoms with E-state index in [0.29, 0.717) is 5.56 Å². The van der Waals surface area contributed by atoms with E-state index in [1.807, 2.05) is 30.3 Å². The molecule has 0 aliphatic carbocycles. The fourth-order valence-electron chi connectivity index (χ4n) is 1.76. The number of rotatable bonds is 4. The maximum absolute atomic E-state index is 8.74. The van der Waals surface area contributed by atoms with Gasteiger partial charge in [-0.15, -0.1) is 11.3 Å². The van der Waals surface area contributed by atoms with Gasteiger partial charge in [-0.25, -0.2) is 0 Å². The quantitative estimate of drug-likeness (QED) is 0.847. The summed E-state index contributed by atoms with van der Waals surface area (Å²) in [5.41, 5.74) is 1.91. The number of nitriles is 1. The fraction of sp³-hybridized carbons (Fsp3) is 0.214. The van der Waals surface area contributed by atoms with E-state index in [1.165, 1.54) is 10.4 Å². The lowest BCUT2D eigenvalue weighted by Crippen LogP contribution is -2.16. The van der Waals surface area contributed by atoms with Crippen molar-refractivity contribution in [1.29, 1.82) is 5.26 Å². The first-order valence-corrected chi connectivity index (χ1v) is 6.78. The molecule has 0 bridgehead atoms. The first-order valence-electron chi connectivity index (χ1n) is 5.59. The van der Waals surface area contributed by atoms with Gasteiger partial charge in [0.1, 0.15) is 0 Å². The first-order chi connectivity index (χ1) is 8.67. The Morgan fingerprint density at radius 3 is 2.44 bits per heavy atom. The van der Waals surface area contributed by atoms with Gasteiger partial charge < -0.3 is 0 Å². The fourth-order valence-corrected chi connectivity index (χ4v) is 2.92. The van der Waals surface area contributed by atoms with Crippen molar-refractivity contribution < 1.29 is 0 Å². The highest BCUT2D eigenvalue weighted by molar-refractivity contribution is 7.16. The molecule has 2 rings (SSSR count). The second-order valence-electron chi connectivity index (χ2n) is 4.19. The van der Waals surface area contributed by atoms with Gasteiger partial charge in [0.2, 0.25) is 0 Å². The molecule has 0 fully saturated rings. The number of hydrogen-bond acceptors (Lipinski definition) is 3. The SMILES string of the molecule is CN(Cc1ccc(C#N)cc1)Cc1ccc(Cl)s1. The second-order valence-corrected chi connectivity index (χ2v) is 5.99. The first kappa shape index (κ1) is 13.1. The highest BCUT2D eigenvalue weighted by Gasteiger charge is 2.04. The molecular formula is C14H13ClN2S. The Hall–Kier alpha value is -1.34. The smallest absolute Gasteiger partial charge is 0.0991 e. The van der Waals surface area contributed by atoms with Crippen LogP contribution in [0.3, 0.4) is 0 Å². The van der Waals surface area contributed by atoms with Gasteiger partial charge in [-0.2, -0.15) is 5.26 Å². The van der Waals surface area contributed by atoms with Gasteiger partial charge in [0.25, 0.3) is 0 Å². The maximum Gasteiger partial charge on any atom is 0.0991 e. The molecule has 0 saturated heterocycles. The third-order valence-corrected chi connectivity index (χ3v) is 3.81. The van der Waals surface area contributed by atoms with Crippen LogP contribution in [0.1, 0.15) is 16.0 Å². The van der Waals surface area contributed by atoms with Crippen LogP contribution in [0.4, 0.5) is 0 Å². The number of thiophene rings is 1. The maximum atomic E-state index is 8.74. The average molecular weight is 277 g/mol. The second kappa shape index (κ2) is 6.01.